The molecule has 1 amide bonds. The van der Waals surface area contributed by atoms with Crippen LogP contribution in [0.3, 0.4) is 0 Å². The first-order valence-corrected chi connectivity index (χ1v) is 8.77. The number of rotatable bonds is 6. The van der Waals surface area contributed by atoms with Crippen LogP contribution in [0.25, 0.3) is 0 Å². The summed E-state index contributed by atoms with van der Waals surface area (Å²) in [5.74, 6) is 1.21. The zero-order chi connectivity index (χ0) is 19.4. The van der Waals surface area contributed by atoms with Crippen LogP contribution in [0.5, 0.6) is 0 Å². The van der Waals surface area contributed by atoms with Crippen molar-refractivity contribution in [3.05, 3.63) is 47.3 Å². The molecule has 1 fully saturated rings. The third kappa shape index (κ3) is 5.42. The van der Waals surface area contributed by atoms with Gasteiger partial charge in [-0.15, -0.1) is 0 Å². The van der Waals surface area contributed by atoms with Crippen molar-refractivity contribution in [2.24, 2.45) is 22.4 Å². The molecule has 0 bridgehead atoms. The van der Waals surface area contributed by atoms with E-state index in [-0.39, 0.29) is 11.7 Å². The number of hydrogen-bond acceptors (Lipinski definition) is 6. The summed E-state index contributed by atoms with van der Waals surface area (Å²) in [5, 5.41) is 6.17. The Morgan fingerprint density at radius 1 is 1.33 bits per heavy atom. The number of halogens is 1. The lowest BCUT2D eigenvalue weighted by Gasteiger charge is -2.10. The second-order valence-electron chi connectivity index (χ2n) is 6.19. The Hall–Kier alpha value is -3.13. The van der Waals surface area contributed by atoms with E-state index in [1.807, 2.05) is 0 Å². The molecule has 3 rings (SSSR count). The molecule has 1 aromatic carbocycles. The number of anilines is 3. The SMILES string of the molecule is CC(=O)Nc1ccc(Cl)c(Nc2nccc(N=C(N)/C=C(\N)C3CC3)n2)c1. The maximum atomic E-state index is 11.2. The molecule has 1 saturated carbocycles. The first-order chi connectivity index (χ1) is 12.9. The van der Waals surface area contributed by atoms with Crippen LogP contribution in [0.4, 0.5) is 23.1 Å². The lowest BCUT2D eigenvalue weighted by Crippen LogP contribution is -2.12. The van der Waals surface area contributed by atoms with E-state index in [2.05, 4.69) is 25.6 Å². The van der Waals surface area contributed by atoms with E-state index in [9.17, 15) is 4.79 Å². The maximum Gasteiger partial charge on any atom is 0.229 e. The predicted octanol–water partition coefficient (Wildman–Crippen LogP) is 3.07. The average molecular weight is 386 g/mol. The van der Waals surface area contributed by atoms with Crippen molar-refractivity contribution in [1.29, 1.82) is 0 Å². The zero-order valence-corrected chi connectivity index (χ0v) is 15.5. The zero-order valence-electron chi connectivity index (χ0n) is 14.7. The van der Waals surface area contributed by atoms with Gasteiger partial charge >= 0.3 is 0 Å². The molecule has 0 atom stereocenters. The highest BCUT2D eigenvalue weighted by molar-refractivity contribution is 6.33. The monoisotopic (exact) mass is 385 g/mol. The van der Waals surface area contributed by atoms with Crippen LogP contribution in [0, 0.1) is 5.92 Å². The molecule has 8 nitrogen and oxygen atoms in total. The molecule has 9 heteroatoms. The third-order valence-electron chi connectivity index (χ3n) is 3.78. The standard InChI is InChI=1S/C18H20ClN7O/c1-10(27)23-12-4-5-13(19)15(8-12)24-18-22-7-6-17(26-18)25-16(21)9-14(20)11-2-3-11/h4-9,11H,2-3,20H2,1H3,(H,23,27)(H3,21,22,24,25,26)/b14-9-. The number of amides is 1. The van der Waals surface area contributed by atoms with Gasteiger partial charge in [-0.3, -0.25) is 4.79 Å². The topological polar surface area (TPSA) is 131 Å². The Morgan fingerprint density at radius 3 is 2.81 bits per heavy atom. The molecule has 140 valence electrons. The summed E-state index contributed by atoms with van der Waals surface area (Å²) >= 11 is 6.20. The number of hydrogen-bond donors (Lipinski definition) is 4. The van der Waals surface area contributed by atoms with Gasteiger partial charge in [0, 0.05) is 30.6 Å². The van der Waals surface area contributed by atoms with Gasteiger partial charge in [0.1, 0.15) is 5.84 Å². The Balaban J connectivity index is 1.78. The molecule has 0 radical (unpaired) electrons. The molecular formula is C18H20ClN7O. The van der Waals surface area contributed by atoms with E-state index >= 15 is 0 Å². The number of aromatic nitrogens is 2. The van der Waals surface area contributed by atoms with Crippen molar-refractivity contribution in [1.82, 2.24) is 9.97 Å². The van der Waals surface area contributed by atoms with Crippen LogP contribution in [-0.2, 0) is 4.79 Å². The fraction of sp³-hybridized carbons (Fsp3) is 0.222. The van der Waals surface area contributed by atoms with Crippen molar-refractivity contribution in [3.8, 4) is 0 Å². The van der Waals surface area contributed by atoms with Crippen molar-refractivity contribution < 1.29 is 4.79 Å². The van der Waals surface area contributed by atoms with Gasteiger partial charge in [-0.2, -0.15) is 4.98 Å². The molecular weight excluding hydrogens is 366 g/mol. The van der Waals surface area contributed by atoms with Gasteiger partial charge in [0.05, 0.1) is 10.7 Å². The van der Waals surface area contributed by atoms with E-state index in [1.165, 1.54) is 6.92 Å². The molecule has 0 unspecified atom stereocenters. The minimum absolute atomic E-state index is 0.176. The van der Waals surface area contributed by atoms with E-state index in [0.717, 1.165) is 18.5 Å². The minimum Gasteiger partial charge on any atom is -0.402 e. The van der Waals surface area contributed by atoms with Crippen molar-refractivity contribution in [3.63, 3.8) is 0 Å². The number of aliphatic imine (C=N–C) groups is 1. The van der Waals surface area contributed by atoms with Crippen LogP contribution in [-0.4, -0.2) is 21.7 Å². The Morgan fingerprint density at radius 2 is 2.11 bits per heavy atom. The lowest BCUT2D eigenvalue weighted by molar-refractivity contribution is -0.114. The summed E-state index contributed by atoms with van der Waals surface area (Å²) in [5.41, 5.74) is 13.8. The van der Waals surface area contributed by atoms with Gasteiger partial charge in [-0.1, -0.05) is 11.6 Å². The van der Waals surface area contributed by atoms with E-state index < -0.39 is 0 Å². The lowest BCUT2D eigenvalue weighted by atomic mass is 10.2. The molecule has 1 heterocycles. The number of benzene rings is 1. The molecule has 0 saturated heterocycles. The van der Waals surface area contributed by atoms with Crippen molar-refractivity contribution >= 4 is 46.5 Å². The summed E-state index contributed by atoms with van der Waals surface area (Å²) in [6.45, 7) is 1.43. The van der Waals surface area contributed by atoms with Gasteiger partial charge in [-0.25, -0.2) is 9.98 Å². The van der Waals surface area contributed by atoms with Crippen LogP contribution >= 0.6 is 11.6 Å². The van der Waals surface area contributed by atoms with E-state index in [0.29, 0.717) is 34.1 Å². The molecule has 1 aromatic heterocycles. The van der Waals surface area contributed by atoms with Gasteiger partial charge in [0.15, 0.2) is 5.82 Å². The summed E-state index contributed by atoms with van der Waals surface area (Å²) in [6, 6.07) is 6.69. The van der Waals surface area contributed by atoms with Crippen molar-refractivity contribution in [2.45, 2.75) is 19.8 Å². The van der Waals surface area contributed by atoms with Crippen LogP contribution in [0.2, 0.25) is 5.02 Å². The van der Waals surface area contributed by atoms with Gasteiger partial charge < -0.3 is 22.1 Å². The molecule has 1 aliphatic rings. The molecule has 6 N–H and O–H groups in total. The first kappa shape index (κ1) is 18.7. The Bertz CT molecular complexity index is 922. The largest absolute Gasteiger partial charge is 0.402 e. The predicted molar refractivity (Wildman–Crippen MR) is 107 cm³/mol. The quantitative estimate of drug-likeness (QED) is 0.446. The number of allylic oxidation sites excluding steroid dienone is 1. The smallest absolute Gasteiger partial charge is 0.229 e. The molecule has 1 aliphatic carbocycles. The van der Waals surface area contributed by atoms with Crippen molar-refractivity contribution in [2.75, 3.05) is 10.6 Å². The first-order valence-electron chi connectivity index (χ1n) is 8.39. The third-order valence-corrected chi connectivity index (χ3v) is 4.11. The number of carbonyl (C=O) groups excluding carboxylic acids is 1. The summed E-state index contributed by atoms with van der Waals surface area (Å²) in [6.07, 6.45) is 5.41. The minimum atomic E-state index is -0.176. The Labute approximate surface area is 161 Å². The number of nitrogens with two attached hydrogens (primary N) is 2. The normalized spacial score (nSPS) is 14.7. The highest BCUT2D eigenvalue weighted by atomic mass is 35.5. The maximum absolute atomic E-state index is 11.2. The van der Waals surface area contributed by atoms with Gasteiger partial charge in [0.2, 0.25) is 11.9 Å². The molecule has 0 aliphatic heterocycles. The molecule has 2 aromatic rings. The summed E-state index contributed by atoms with van der Waals surface area (Å²) < 4.78 is 0. The van der Waals surface area contributed by atoms with Crippen LogP contribution < -0.4 is 22.1 Å². The van der Waals surface area contributed by atoms with E-state index in [4.69, 9.17) is 23.1 Å². The highest BCUT2D eigenvalue weighted by Gasteiger charge is 2.23. The van der Waals surface area contributed by atoms with Crippen LogP contribution in [0.1, 0.15) is 19.8 Å². The van der Waals surface area contributed by atoms with Crippen LogP contribution in [0.15, 0.2) is 47.2 Å². The number of carbonyl (C=O) groups is 1. The number of amidine groups is 1. The molecule has 0 spiro atoms. The average Bonchev–Trinajstić information content (AvgIpc) is 3.42. The fourth-order valence-corrected chi connectivity index (χ4v) is 2.53. The van der Waals surface area contributed by atoms with Gasteiger partial charge in [-0.05, 0) is 43.0 Å². The highest BCUT2D eigenvalue weighted by Crippen LogP contribution is 2.33. The van der Waals surface area contributed by atoms with E-state index in [1.54, 1.807) is 36.5 Å². The molecule has 27 heavy (non-hydrogen) atoms. The second kappa shape index (κ2) is 8.05. The number of nitrogens with zero attached hydrogens (tertiary/aromatic N) is 3. The summed E-state index contributed by atoms with van der Waals surface area (Å²) in [7, 11) is 0. The Kier molecular flexibility index (Phi) is 5.56. The summed E-state index contributed by atoms with van der Waals surface area (Å²) in [4.78, 5) is 23.9. The fourth-order valence-electron chi connectivity index (χ4n) is 2.36. The second-order valence-corrected chi connectivity index (χ2v) is 6.60. The number of nitrogens with one attached hydrogen (secondary N) is 2. The van der Waals surface area contributed by atoms with Gasteiger partial charge in [0.25, 0.3) is 0 Å².